The van der Waals surface area contributed by atoms with Crippen molar-refractivity contribution in [1.82, 2.24) is 4.57 Å². The van der Waals surface area contributed by atoms with Crippen molar-refractivity contribution in [2.24, 2.45) is 0 Å². The van der Waals surface area contributed by atoms with Crippen LogP contribution in [0.5, 0.6) is 0 Å². The van der Waals surface area contributed by atoms with E-state index < -0.39 is 0 Å². The van der Waals surface area contributed by atoms with Gasteiger partial charge in [0.05, 0.1) is 16.7 Å². The van der Waals surface area contributed by atoms with Crippen LogP contribution in [0, 0.1) is 25.2 Å². The summed E-state index contributed by atoms with van der Waals surface area (Å²) in [6.07, 6.45) is 2.90. The second-order valence-electron chi connectivity index (χ2n) is 6.48. The van der Waals surface area contributed by atoms with Gasteiger partial charge in [0, 0.05) is 27.7 Å². The first-order valence-electron chi connectivity index (χ1n) is 8.80. The highest BCUT2D eigenvalue weighted by molar-refractivity contribution is 6.36. The van der Waals surface area contributed by atoms with Crippen molar-refractivity contribution in [3.63, 3.8) is 0 Å². The van der Waals surface area contributed by atoms with Gasteiger partial charge in [0.2, 0.25) is 0 Å². The molecule has 0 aliphatic rings. The molecule has 0 aliphatic carbocycles. The molecular formula is C23H20Cl2N2. The SMILES string of the molecule is CCc1ccc(-n2c(C)cc(/C=C(/C#N)c3ccc(Cl)cc3Cl)c2C)cc1. The number of allylic oxidation sites excluding steroid dienone is 1. The minimum atomic E-state index is 0.472. The van der Waals surface area contributed by atoms with Crippen molar-refractivity contribution in [3.8, 4) is 11.8 Å². The van der Waals surface area contributed by atoms with Crippen molar-refractivity contribution in [2.45, 2.75) is 27.2 Å². The van der Waals surface area contributed by atoms with Crippen molar-refractivity contribution in [2.75, 3.05) is 0 Å². The maximum absolute atomic E-state index is 9.66. The third kappa shape index (κ3) is 3.95. The van der Waals surface area contributed by atoms with Crippen molar-refractivity contribution < 1.29 is 0 Å². The molecular weight excluding hydrogens is 375 g/mol. The number of hydrogen-bond donors (Lipinski definition) is 0. The molecule has 0 fully saturated rings. The summed E-state index contributed by atoms with van der Waals surface area (Å²) in [6, 6.07) is 18.1. The Morgan fingerprint density at radius 1 is 1.07 bits per heavy atom. The first kappa shape index (κ1) is 19.3. The fourth-order valence-electron chi connectivity index (χ4n) is 3.25. The van der Waals surface area contributed by atoms with E-state index in [4.69, 9.17) is 23.2 Å². The van der Waals surface area contributed by atoms with Gasteiger partial charge in [-0.3, -0.25) is 0 Å². The second-order valence-corrected chi connectivity index (χ2v) is 7.32. The largest absolute Gasteiger partial charge is 0.318 e. The molecule has 2 aromatic carbocycles. The Morgan fingerprint density at radius 3 is 2.37 bits per heavy atom. The van der Waals surface area contributed by atoms with Gasteiger partial charge < -0.3 is 4.57 Å². The summed E-state index contributed by atoms with van der Waals surface area (Å²) in [5, 5.41) is 10.7. The Hall–Kier alpha value is -2.47. The van der Waals surface area contributed by atoms with E-state index in [9.17, 15) is 5.26 Å². The van der Waals surface area contributed by atoms with Gasteiger partial charge in [-0.05, 0) is 67.8 Å². The smallest absolute Gasteiger partial charge is 0.0998 e. The van der Waals surface area contributed by atoms with E-state index >= 15 is 0 Å². The Bertz CT molecular complexity index is 1050. The summed E-state index contributed by atoms with van der Waals surface area (Å²) in [5.41, 5.74) is 6.81. The quantitative estimate of drug-likeness (QED) is 0.436. The van der Waals surface area contributed by atoms with E-state index in [0.29, 0.717) is 21.2 Å². The van der Waals surface area contributed by atoms with E-state index in [1.807, 2.05) is 6.08 Å². The van der Waals surface area contributed by atoms with Gasteiger partial charge in [-0.1, -0.05) is 48.3 Å². The summed E-state index contributed by atoms with van der Waals surface area (Å²) in [5.74, 6) is 0. The highest BCUT2D eigenvalue weighted by Gasteiger charge is 2.12. The number of benzene rings is 2. The molecule has 136 valence electrons. The van der Waals surface area contributed by atoms with Gasteiger partial charge in [0.1, 0.15) is 0 Å². The fraction of sp³-hybridized carbons (Fsp3) is 0.174. The van der Waals surface area contributed by atoms with Crippen LogP contribution in [0.4, 0.5) is 0 Å². The summed E-state index contributed by atoms with van der Waals surface area (Å²) in [6.45, 7) is 6.28. The standard InChI is InChI=1S/C23H20Cl2N2/c1-4-17-5-8-21(9-6-17)27-15(2)11-18(16(27)3)12-19(14-26)22-10-7-20(24)13-23(22)25/h5-13H,4H2,1-3H3/b19-12-. The van der Waals surface area contributed by atoms with Gasteiger partial charge in [0.25, 0.3) is 0 Å². The lowest BCUT2D eigenvalue weighted by Gasteiger charge is -2.10. The molecule has 2 nitrogen and oxygen atoms in total. The molecule has 0 amide bonds. The van der Waals surface area contributed by atoms with Crippen molar-refractivity contribution in [3.05, 3.63) is 86.7 Å². The highest BCUT2D eigenvalue weighted by Crippen LogP contribution is 2.30. The maximum Gasteiger partial charge on any atom is 0.0998 e. The van der Waals surface area contributed by atoms with Gasteiger partial charge >= 0.3 is 0 Å². The van der Waals surface area contributed by atoms with Crippen molar-refractivity contribution >= 4 is 34.9 Å². The number of halogens is 2. The van der Waals surface area contributed by atoms with Gasteiger partial charge in [-0.15, -0.1) is 0 Å². The second kappa shape index (κ2) is 8.05. The topological polar surface area (TPSA) is 28.7 Å². The zero-order chi connectivity index (χ0) is 19.6. The lowest BCUT2D eigenvalue weighted by atomic mass is 10.0. The van der Waals surface area contributed by atoms with Crippen LogP contribution in [0.3, 0.4) is 0 Å². The fourth-order valence-corrected chi connectivity index (χ4v) is 3.76. The van der Waals surface area contributed by atoms with Crippen LogP contribution in [-0.4, -0.2) is 4.57 Å². The number of nitriles is 1. The first-order valence-corrected chi connectivity index (χ1v) is 9.55. The average Bonchev–Trinajstić information content (AvgIpc) is 2.93. The van der Waals surface area contributed by atoms with E-state index in [0.717, 1.165) is 29.1 Å². The molecule has 0 unspecified atom stereocenters. The van der Waals surface area contributed by atoms with Gasteiger partial charge in [-0.2, -0.15) is 5.26 Å². The molecule has 0 spiro atoms. The summed E-state index contributed by atoms with van der Waals surface area (Å²) in [7, 11) is 0. The van der Waals surface area contributed by atoms with Crippen LogP contribution in [0.1, 0.15) is 35.0 Å². The summed E-state index contributed by atoms with van der Waals surface area (Å²) in [4.78, 5) is 0. The van der Waals surface area contributed by atoms with E-state index in [-0.39, 0.29) is 0 Å². The molecule has 0 atom stereocenters. The predicted octanol–water partition coefficient (Wildman–Crippen LogP) is 7.03. The monoisotopic (exact) mass is 394 g/mol. The number of aryl methyl sites for hydroxylation is 2. The number of hydrogen-bond acceptors (Lipinski definition) is 1. The molecule has 0 radical (unpaired) electrons. The lowest BCUT2D eigenvalue weighted by molar-refractivity contribution is 0.961. The number of nitrogens with zero attached hydrogens (tertiary/aromatic N) is 2. The Kier molecular flexibility index (Phi) is 5.75. The molecule has 0 N–H and O–H groups in total. The Balaban J connectivity index is 2.07. The Labute approximate surface area is 170 Å². The molecule has 3 rings (SSSR count). The van der Waals surface area contributed by atoms with E-state index in [1.54, 1.807) is 18.2 Å². The van der Waals surface area contributed by atoms with Gasteiger partial charge in [0.15, 0.2) is 0 Å². The molecule has 0 aliphatic heterocycles. The third-order valence-corrected chi connectivity index (χ3v) is 5.26. The summed E-state index contributed by atoms with van der Waals surface area (Å²) < 4.78 is 2.20. The molecule has 3 aromatic rings. The minimum Gasteiger partial charge on any atom is -0.318 e. The molecule has 0 bridgehead atoms. The van der Waals surface area contributed by atoms with Crippen LogP contribution in [0.25, 0.3) is 17.3 Å². The van der Waals surface area contributed by atoms with Crippen molar-refractivity contribution in [1.29, 1.82) is 5.26 Å². The van der Waals surface area contributed by atoms with Crippen LogP contribution in [-0.2, 0) is 6.42 Å². The van der Waals surface area contributed by atoms with Gasteiger partial charge in [-0.25, -0.2) is 0 Å². The Morgan fingerprint density at radius 2 is 1.78 bits per heavy atom. The molecule has 0 saturated heterocycles. The maximum atomic E-state index is 9.66. The normalized spacial score (nSPS) is 11.5. The zero-order valence-electron chi connectivity index (χ0n) is 15.6. The van der Waals surface area contributed by atoms with Crippen LogP contribution in [0.2, 0.25) is 10.0 Å². The summed E-state index contributed by atoms with van der Waals surface area (Å²) >= 11 is 12.3. The van der Waals surface area contributed by atoms with E-state index in [1.165, 1.54) is 5.56 Å². The lowest BCUT2D eigenvalue weighted by Crippen LogP contribution is -1.99. The minimum absolute atomic E-state index is 0.472. The molecule has 4 heteroatoms. The molecule has 0 saturated carbocycles. The third-order valence-electron chi connectivity index (χ3n) is 4.71. The molecule has 1 heterocycles. The highest BCUT2D eigenvalue weighted by atomic mass is 35.5. The predicted molar refractivity (Wildman–Crippen MR) is 115 cm³/mol. The zero-order valence-corrected chi connectivity index (χ0v) is 17.1. The number of rotatable bonds is 4. The van der Waals surface area contributed by atoms with Crippen LogP contribution < -0.4 is 0 Å². The van der Waals surface area contributed by atoms with E-state index in [2.05, 4.69) is 61.7 Å². The first-order chi connectivity index (χ1) is 12.9. The average molecular weight is 395 g/mol. The van der Waals surface area contributed by atoms with Crippen LogP contribution in [0.15, 0.2) is 48.5 Å². The molecule has 1 aromatic heterocycles. The molecule has 27 heavy (non-hydrogen) atoms. The number of aromatic nitrogens is 1. The van der Waals surface area contributed by atoms with Crippen LogP contribution >= 0.6 is 23.2 Å².